The molecule has 20 atom stereocenters. The highest BCUT2D eigenvalue weighted by Crippen LogP contribution is 2.71. The fourth-order valence-corrected chi connectivity index (χ4v) is 13.1. The predicted octanol–water partition coefficient (Wildman–Crippen LogP) is 3.70. The maximum Gasteiger partial charge on any atom is 0.339 e. The Bertz CT molecular complexity index is 1910. The van der Waals surface area contributed by atoms with Crippen molar-refractivity contribution in [1.29, 1.82) is 0 Å². The first-order chi connectivity index (χ1) is 30.8. The molecule has 3 saturated carbocycles. The van der Waals surface area contributed by atoms with E-state index < -0.39 is 113 Å². The van der Waals surface area contributed by atoms with Gasteiger partial charge in [0.05, 0.1) is 53.7 Å². The molecule has 1 aromatic rings. The van der Waals surface area contributed by atoms with Gasteiger partial charge >= 0.3 is 5.97 Å². The molecule has 6 fully saturated rings. The number of Topliss-reactive ketones (excluding diaryl/α,β-unsaturated/α-hetero) is 1. The van der Waals surface area contributed by atoms with Crippen molar-refractivity contribution in [2.75, 3.05) is 21.3 Å². The van der Waals surface area contributed by atoms with Crippen LogP contribution in [-0.2, 0) is 52.2 Å². The van der Waals surface area contributed by atoms with Crippen LogP contribution < -0.4 is 0 Å². The Labute approximate surface area is 381 Å². The second-order valence-corrected chi connectivity index (χ2v) is 20.2. The molecule has 0 aromatic carbocycles. The Morgan fingerprint density at radius 1 is 0.785 bits per heavy atom. The number of ether oxygens (including phenoxy) is 10. The number of hydrogen-bond acceptors (Lipinski definition) is 17. The van der Waals surface area contributed by atoms with Gasteiger partial charge in [-0.15, -0.1) is 0 Å². The molecule has 3 saturated heterocycles. The van der Waals surface area contributed by atoms with Crippen LogP contribution in [0.3, 0.4) is 0 Å². The van der Waals surface area contributed by atoms with Crippen LogP contribution in [0.4, 0.5) is 0 Å². The predicted molar refractivity (Wildman–Crippen MR) is 229 cm³/mol. The van der Waals surface area contributed by atoms with E-state index >= 15 is 0 Å². The molecule has 17 heteroatoms. The number of carbonyl (C=O) groups is 2. The van der Waals surface area contributed by atoms with Crippen LogP contribution in [-0.4, -0.2) is 161 Å². The fourth-order valence-electron chi connectivity index (χ4n) is 13.1. The highest BCUT2D eigenvalue weighted by Gasteiger charge is 2.81. The van der Waals surface area contributed by atoms with Gasteiger partial charge in [0.15, 0.2) is 24.7 Å². The second kappa shape index (κ2) is 18.4. The summed E-state index contributed by atoms with van der Waals surface area (Å²) in [5, 5.41) is 48.3. The minimum Gasteiger partial charge on any atom is -0.458 e. The Balaban J connectivity index is 0.924. The Morgan fingerprint density at radius 3 is 1.94 bits per heavy atom. The van der Waals surface area contributed by atoms with Crippen LogP contribution in [0, 0.1) is 16.7 Å². The van der Waals surface area contributed by atoms with E-state index in [1.165, 1.54) is 13.1 Å². The smallest absolute Gasteiger partial charge is 0.339 e. The van der Waals surface area contributed by atoms with Gasteiger partial charge in [0.1, 0.15) is 41.2 Å². The third kappa shape index (κ3) is 8.15. The molecule has 4 N–H and O–H groups in total. The molecule has 7 aliphatic rings. The molecule has 4 heterocycles. The number of aromatic nitrogens is 1. The van der Waals surface area contributed by atoms with Crippen molar-refractivity contribution in [3.63, 3.8) is 0 Å². The molecule has 8 rings (SSSR count). The van der Waals surface area contributed by atoms with Crippen molar-refractivity contribution in [2.24, 2.45) is 16.7 Å². The normalized spacial score (nSPS) is 48.6. The monoisotopic (exact) mass is 917 g/mol. The van der Waals surface area contributed by atoms with Gasteiger partial charge in [-0.25, -0.2) is 4.79 Å². The molecule has 0 amide bonds. The number of nitrogens with zero attached hydrogens (tertiary/aromatic N) is 1. The lowest BCUT2D eigenvalue weighted by atomic mass is 9.42. The van der Waals surface area contributed by atoms with E-state index in [2.05, 4.69) is 11.9 Å². The second-order valence-electron chi connectivity index (χ2n) is 20.2. The topological polar surface area (TPSA) is 220 Å². The molecule has 0 unspecified atom stereocenters. The molecule has 17 nitrogen and oxygen atoms in total. The van der Waals surface area contributed by atoms with Crippen LogP contribution in [0.1, 0.15) is 116 Å². The van der Waals surface area contributed by atoms with Crippen molar-refractivity contribution < 1.29 is 77.4 Å². The molecule has 3 aliphatic heterocycles. The lowest BCUT2D eigenvalue weighted by Crippen LogP contribution is -2.78. The molecule has 65 heavy (non-hydrogen) atoms. The van der Waals surface area contributed by atoms with Crippen LogP contribution >= 0.6 is 0 Å². The summed E-state index contributed by atoms with van der Waals surface area (Å²) in [7, 11) is 4.83. The third-order valence-corrected chi connectivity index (χ3v) is 17.0. The number of aliphatic hydroxyl groups is 4. The van der Waals surface area contributed by atoms with Gasteiger partial charge in [-0.1, -0.05) is 18.6 Å². The summed E-state index contributed by atoms with van der Waals surface area (Å²) in [5.41, 5.74) is -6.82. The zero-order chi connectivity index (χ0) is 46.9. The number of pyridine rings is 1. The lowest BCUT2D eigenvalue weighted by molar-refractivity contribution is -0.338. The van der Waals surface area contributed by atoms with E-state index in [0.29, 0.717) is 38.5 Å². The number of methoxy groups -OCH3 is 3. The molecule has 0 spiro atoms. The quantitative estimate of drug-likeness (QED) is 0.174. The number of rotatable bonds is 12. The fraction of sp³-hybridized carbons (Fsp3) is 0.812. The van der Waals surface area contributed by atoms with Crippen molar-refractivity contribution >= 4 is 11.8 Å². The van der Waals surface area contributed by atoms with Crippen LogP contribution in [0.2, 0.25) is 0 Å². The van der Waals surface area contributed by atoms with Gasteiger partial charge in [-0.05, 0) is 97.1 Å². The van der Waals surface area contributed by atoms with E-state index in [4.69, 9.17) is 47.4 Å². The minimum absolute atomic E-state index is 0.0494. The number of hydrogen-bond donors (Lipinski definition) is 4. The zero-order valence-corrected chi connectivity index (χ0v) is 39.3. The summed E-state index contributed by atoms with van der Waals surface area (Å²) in [6.07, 6.45) is 0.578. The summed E-state index contributed by atoms with van der Waals surface area (Å²) >= 11 is 0. The molecule has 4 aliphatic carbocycles. The molecule has 364 valence electrons. The average molecular weight is 918 g/mol. The van der Waals surface area contributed by atoms with Gasteiger partial charge in [-0.3, -0.25) is 9.78 Å². The Kier molecular flexibility index (Phi) is 13.9. The van der Waals surface area contributed by atoms with Crippen LogP contribution in [0.25, 0.3) is 0 Å². The van der Waals surface area contributed by atoms with Gasteiger partial charge in [0.25, 0.3) is 0 Å². The van der Waals surface area contributed by atoms with E-state index in [-0.39, 0.29) is 49.6 Å². The van der Waals surface area contributed by atoms with Gasteiger partial charge in [0, 0.05) is 58.9 Å². The van der Waals surface area contributed by atoms with E-state index in [9.17, 15) is 30.0 Å². The number of aliphatic hydroxyl groups excluding tert-OH is 1. The molecular formula is C48H71NO16. The maximum atomic E-state index is 13.6. The van der Waals surface area contributed by atoms with Crippen molar-refractivity contribution in [1.82, 2.24) is 4.98 Å². The number of ketones is 1. The first-order valence-corrected chi connectivity index (χ1v) is 23.4. The van der Waals surface area contributed by atoms with Gasteiger partial charge < -0.3 is 67.8 Å². The standard InChI is InChI=1S/C48H71NO16/c1-25-40(51)32(56-7)20-38(59-25)64-42-27(3)61-39(22-34(42)58-9)65-41-26(2)60-37(21-33(41)57-8)62-31-13-14-44(5)30(19-31)12-15-47(54)35(44)23-36(63-43(52)29-11-10-18-49-24-29)45(6)46(53,28(4)50)16-17-48(45,47)55/h10-12,18,24-27,31-42,51,53-55H,13-17,19-23H2,1-9H3/t25-,26-,27-,31+,32-,33+,34+,35-,36-,37+,38+,39+,40-,41-,42-,44+,45-,46-,47+,48-/m1/s1. The molecular weight excluding hydrogens is 847 g/mol. The highest BCUT2D eigenvalue weighted by molar-refractivity contribution is 5.90. The summed E-state index contributed by atoms with van der Waals surface area (Å²) < 4.78 is 62.1. The van der Waals surface area contributed by atoms with E-state index in [0.717, 1.165) is 5.57 Å². The van der Waals surface area contributed by atoms with Crippen LogP contribution in [0.5, 0.6) is 0 Å². The first kappa shape index (κ1) is 48.9. The molecule has 0 radical (unpaired) electrons. The van der Waals surface area contributed by atoms with Crippen molar-refractivity contribution in [3.05, 3.63) is 41.7 Å². The summed E-state index contributed by atoms with van der Waals surface area (Å²) in [5.74, 6) is -1.82. The average Bonchev–Trinajstić information content (AvgIpc) is 3.51. The number of carbonyl (C=O) groups excluding carboxylic acids is 2. The summed E-state index contributed by atoms with van der Waals surface area (Å²) in [6, 6.07) is 3.19. The molecule has 0 bridgehead atoms. The van der Waals surface area contributed by atoms with E-state index in [1.54, 1.807) is 53.5 Å². The first-order valence-electron chi connectivity index (χ1n) is 23.4. The van der Waals surface area contributed by atoms with Gasteiger partial charge in [-0.2, -0.15) is 0 Å². The SMILES string of the molecule is CO[C@H]1C[C@H](O[C@H]2CC[C@@]3(C)C(=CC[C@]4(O)[C@@H]3C[C@@H](OC(=O)c3cccnc3)[C@@]3(C)[C@]4(O)CC[C@@]3(O)C(C)=O)C2)O[C@H](C)[C@H]1O[C@H]1C[C@H](OC)[C@H](O[C@H]2C[C@@H](OC)[C@H](O)[C@@H](C)O2)[C@@H](C)O1. The summed E-state index contributed by atoms with van der Waals surface area (Å²) in [6.45, 7) is 10.6. The number of esters is 1. The largest absolute Gasteiger partial charge is 0.458 e. The Hall–Kier alpha value is -2.49. The minimum atomic E-state index is -2.04. The van der Waals surface area contributed by atoms with Gasteiger partial charge in [0.2, 0.25) is 0 Å². The lowest BCUT2D eigenvalue weighted by Gasteiger charge is -2.67. The maximum absolute atomic E-state index is 13.6. The van der Waals surface area contributed by atoms with Crippen molar-refractivity contribution in [2.45, 2.75) is 209 Å². The van der Waals surface area contributed by atoms with E-state index in [1.807, 2.05) is 19.9 Å². The molecule has 1 aromatic heterocycles. The van der Waals surface area contributed by atoms with Crippen molar-refractivity contribution in [3.8, 4) is 0 Å². The highest BCUT2D eigenvalue weighted by atomic mass is 16.7. The Morgan fingerprint density at radius 2 is 1.37 bits per heavy atom. The summed E-state index contributed by atoms with van der Waals surface area (Å²) in [4.78, 5) is 31.0. The third-order valence-electron chi connectivity index (χ3n) is 17.0. The number of fused-ring (bicyclic) bond motifs is 5. The van der Waals surface area contributed by atoms with Crippen LogP contribution in [0.15, 0.2) is 36.2 Å². The zero-order valence-electron chi connectivity index (χ0n) is 39.3.